The van der Waals surface area contributed by atoms with Crippen molar-refractivity contribution in [1.82, 2.24) is 10.2 Å². The van der Waals surface area contributed by atoms with E-state index in [0.717, 1.165) is 16.7 Å². The summed E-state index contributed by atoms with van der Waals surface area (Å²) >= 11 is 0. The van der Waals surface area contributed by atoms with Crippen LogP contribution in [0.4, 0.5) is 4.79 Å². The number of carboxylic acid groups (broad SMARTS) is 1. The van der Waals surface area contributed by atoms with Gasteiger partial charge in [-0.1, -0.05) is 30.3 Å². The van der Waals surface area contributed by atoms with Gasteiger partial charge in [0.05, 0.1) is 26.7 Å². The van der Waals surface area contributed by atoms with Gasteiger partial charge in [-0.15, -0.1) is 0 Å². The molecule has 1 unspecified atom stereocenters. The Balaban J connectivity index is 1.99. The number of fused-ring (bicyclic) bond motifs is 1. The van der Waals surface area contributed by atoms with E-state index >= 15 is 0 Å². The molecule has 0 fully saturated rings. The molecular weight excluding hydrogens is 360 g/mol. The number of amides is 2. The van der Waals surface area contributed by atoms with Crippen LogP contribution in [0.2, 0.25) is 0 Å². The molecule has 2 amide bonds. The Bertz CT molecular complexity index is 853. The maximum atomic E-state index is 12.8. The Morgan fingerprint density at radius 3 is 2.46 bits per heavy atom. The fourth-order valence-electron chi connectivity index (χ4n) is 3.54. The van der Waals surface area contributed by atoms with Crippen LogP contribution >= 0.6 is 0 Å². The van der Waals surface area contributed by atoms with Gasteiger partial charge in [0.2, 0.25) is 0 Å². The van der Waals surface area contributed by atoms with Gasteiger partial charge in [-0.05, 0) is 35.2 Å². The van der Waals surface area contributed by atoms with Crippen molar-refractivity contribution in [3.05, 3.63) is 59.2 Å². The van der Waals surface area contributed by atoms with Crippen LogP contribution in [0.3, 0.4) is 0 Å². The molecule has 1 aliphatic heterocycles. The minimum Gasteiger partial charge on any atom is -0.493 e. The predicted octanol–water partition coefficient (Wildman–Crippen LogP) is 2.84. The van der Waals surface area contributed by atoms with Gasteiger partial charge in [-0.3, -0.25) is 4.79 Å². The first-order valence-electron chi connectivity index (χ1n) is 9.11. The minimum atomic E-state index is -0.944. The van der Waals surface area contributed by atoms with Gasteiger partial charge in [-0.2, -0.15) is 0 Å². The van der Waals surface area contributed by atoms with E-state index in [1.54, 1.807) is 19.1 Å². The number of hydrogen-bond acceptors (Lipinski definition) is 4. The fraction of sp³-hybridized carbons (Fsp3) is 0.333. The quantitative estimate of drug-likeness (QED) is 0.800. The molecule has 0 aromatic heterocycles. The highest BCUT2D eigenvalue weighted by atomic mass is 16.5. The van der Waals surface area contributed by atoms with E-state index in [1.807, 2.05) is 42.5 Å². The second-order valence-electron chi connectivity index (χ2n) is 6.54. The Labute approximate surface area is 163 Å². The highest BCUT2D eigenvalue weighted by Gasteiger charge is 2.33. The molecule has 0 radical (unpaired) electrons. The van der Waals surface area contributed by atoms with Crippen molar-refractivity contribution in [3.63, 3.8) is 0 Å². The van der Waals surface area contributed by atoms with Crippen molar-refractivity contribution in [3.8, 4) is 11.5 Å². The number of benzene rings is 2. The maximum Gasteiger partial charge on any atom is 0.318 e. The van der Waals surface area contributed by atoms with Crippen LogP contribution in [0.5, 0.6) is 11.5 Å². The third kappa shape index (κ3) is 4.03. The lowest BCUT2D eigenvalue weighted by molar-refractivity contribution is -0.136. The maximum absolute atomic E-state index is 12.8. The Morgan fingerprint density at radius 1 is 1.14 bits per heavy atom. The zero-order valence-corrected chi connectivity index (χ0v) is 16.0. The molecule has 2 aromatic rings. The number of nitrogens with one attached hydrogen (secondary N) is 1. The summed E-state index contributed by atoms with van der Waals surface area (Å²) in [5.41, 5.74) is 3.05. The highest BCUT2D eigenvalue weighted by Crippen LogP contribution is 2.40. The van der Waals surface area contributed by atoms with Crippen molar-refractivity contribution >= 4 is 12.0 Å². The first-order valence-corrected chi connectivity index (χ1v) is 9.11. The number of methoxy groups -OCH3 is 2. The van der Waals surface area contributed by atoms with Gasteiger partial charge in [0, 0.05) is 13.1 Å². The molecule has 0 saturated carbocycles. The first-order chi connectivity index (χ1) is 13.5. The van der Waals surface area contributed by atoms with Gasteiger partial charge >= 0.3 is 12.0 Å². The molecule has 7 heteroatoms. The number of urea groups is 1. The van der Waals surface area contributed by atoms with Crippen LogP contribution < -0.4 is 14.8 Å². The summed E-state index contributed by atoms with van der Waals surface area (Å²) in [6.45, 7) is 0.603. The van der Waals surface area contributed by atoms with Crippen LogP contribution in [0.15, 0.2) is 42.5 Å². The number of rotatable bonds is 6. The lowest BCUT2D eigenvalue weighted by Crippen LogP contribution is -2.46. The summed E-state index contributed by atoms with van der Waals surface area (Å²) in [4.78, 5) is 25.3. The molecule has 148 valence electrons. The zero-order chi connectivity index (χ0) is 20.1. The van der Waals surface area contributed by atoms with Crippen LogP contribution in [0.25, 0.3) is 0 Å². The van der Waals surface area contributed by atoms with E-state index < -0.39 is 5.97 Å². The lowest BCUT2D eigenvalue weighted by Gasteiger charge is -2.38. The van der Waals surface area contributed by atoms with Gasteiger partial charge in [0.1, 0.15) is 0 Å². The SMILES string of the molecule is COc1cc2c(cc1OC)C(c1ccccc1)N(C(=O)NCCC(=O)O)CC2. The molecule has 2 N–H and O–H groups in total. The van der Waals surface area contributed by atoms with Gasteiger partial charge in [-0.25, -0.2) is 4.79 Å². The summed E-state index contributed by atoms with van der Waals surface area (Å²) in [7, 11) is 3.19. The second kappa shape index (κ2) is 8.65. The number of ether oxygens (including phenoxy) is 2. The summed E-state index contributed by atoms with van der Waals surface area (Å²) < 4.78 is 10.9. The van der Waals surface area contributed by atoms with Crippen molar-refractivity contribution in [2.75, 3.05) is 27.3 Å². The zero-order valence-electron chi connectivity index (χ0n) is 16.0. The van der Waals surface area contributed by atoms with Gasteiger partial charge in [0.15, 0.2) is 11.5 Å². The second-order valence-corrected chi connectivity index (χ2v) is 6.54. The third-order valence-corrected chi connectivity index (χ3v) is 4.86. The van der Waals surface area contributed by atoms with Crippen molar-refractivity contribution in [2.45, 2.75) is 18.9 Å². The van der Waals surface area contributed by atoms with E-state index in [-0.39, 0.29) is 25.0 Å². The molecule has 0 saturated heterocycles. The smallest absolute Gasteiger partial charge is 0.318 e. The standard InChI is InChI=1S/C21H24N2O5/c1-27-17-12-15-9-11-23(21(26)22-10-8-19(24)25)20(14-6-4-3-5-7-14)16(15)13-18(17)28-2/h3-7,12-13,20H,8-11H2,1-2H3,(H,22,26)(H,24,25). The molecule has 0 aliphatic carbocycles. The molecule has 1 heterocycles. The molecule has 2 aromatic carbocycles. The molecule has 0 bridgehead atoms. The van der Waals surface area contributed by atoms with Crippen LogP contribution in [0, 0.1) is 0 Å². The monoisotopic (exact) mass is 384 g/mol. The van der Waals surface area contributed by atoms with Gasteiger partial charge < -0.3 is 24.8 Å². The van der Waals surface area contributed by atoms with E-state index in [9.17, 15) is 9.59 Å². The summed E-state index contributed by atoms with van der Waals surface area (Å²) in [6.07, 6.45) is 0.558. The predicted molar refractivity (Wildman–Crippen MR) is 104 cm³/mol. The average Bonchev–Trinajstić information content (AvgIpc) is 2.72. The number of nitrogens with zero attached hydrogens (tertiary/aromatic N) is 1. The lowest BCUT2D eigenvalue weighted by atomic mass is 9.88. The molecule has 1 atom stereocenters. The van der Waals surface area contributed by atoms with Crippen LogP contribution in [0.1, 0.15) is 29.2 Å². The average molecular weight is 384 g/mol. The van der Waals surface area contributed by atoms with Crippen molar-refractivity contribution < 1.29 is 24.2 Å². The number of carboxylic acids is 1. The molecule has 1 aliphatic rings. The highest BCUT2D eigenvalue weighted by molar-refractivity contribution is 5.77. The Morgan fingerprint density at radius 2 is 1.82 bits per heavy atom. The first kappa shape index (κ1) is 19.5. The number of aliphatic carboxylic acids is 1. The normalized spacial score (nSPS) is 15.5. The fourth-order valence-corrected chi connectivity index (χ4v) is 3.54. The number of carbonyl (C=O) groups is 2. The molecule has 0 spiro atoms. The van der Waals surface area contributed by atoms with E-state index in [0.29, 0.717) is 24.5 Å². The molecule has 3 rings (SSSR count). The third-order valence-electron chi connectivity index (χ3n) is 4.86. The number of carbonyl (C=O) groups excluding carboxylic acids is 1. The van der Waals surface area contributed by atoms with Crippen molar-refractivity contribution in [2.24, 2.45) is 0 Å². The Kier molecular flexibility index (Phi) is 6.03. The number of hydrogen-bond donors (Lipinski definition) is 2. The van der Waals surface area contributed by atoms with E-state index in [1.165, 1.54) is 0 Å². The van der Waals surface area contributed by atoms with Crippen LogP contribution in [-0.4, -0.2) is 49.3 Å². The summed E-state index contributed by atoms with van der Waals surface area (Å²) in [5, 5.41) is 11.5. The molecular formula is C21H24N2O5. The topological polar surface area (TPSA) is 88.1 Å². The van der Waals surface area contributed by atoms with Crippen molar-refractivity contribution in [1.29, 1.82) is 0 Å². The summed E-state index contributed by atoms with van der Waals surface area (Å²) in [5.74, 6) is 0.323. The van der Waals surface area contributed by atoms with E-state index in [4.69, 9.17) is 14.6 Å². The largest absolute Gasteiger partial charge is 0.493 e. The Hall–Kier alpha value is -3.22. The van der Waals surface area contributed by atoms with Crippen LogP contribution in [-0.2, 0) is 11.2 Å². The minimum absolute atomic E-state index is 0.0883. The summed E-state index contributed by atoms with van der Waals surface area (Å²) in [6, 6.07) is 13.1. The molecule has 28 heavy (non-hydrogen) atoms. The van der Waals surface area contributed by atoms with Gasteiger partial charge in [0.25, 0.3) is 0 Å². The molecule has 7 nitrogen and oxygen atoms in total. The van der Waals surface area contributed by atoms with E-state index in [2.05, 4.69) is 5.32 Å².